The number of likely N-dealkylation sites (N-methyl/N-ethyl adjacent to an activating group) is 1. The molecule has 0 aromatic carbocycles. The number of aliphatic hydroxyl groups is 3. The molecule has 25 heavy (non-hydrogen) atoms. The van der Waals surface area contributed by atoms with Crippen molar-refractivity contribution in [3.8, 4) is 0 Å². The van der Waals surface area contributed by atoms with Crippen molar-refractivity contribution in [3.05, 3.63) is 11.3 Å². The number of aliphatic hydroxyl groups excluding tert-OH is 2. The molecule has 0 saturated heterocycles. The molecule has 1 rings (SSSR count). The van der Waals surface area contributed by atoms with E-state index in [1.54, 1.807) is 13.8 Å². The third-order valence-electron chi connectivity index (χ3n) is 3.89. The van der Waals surface area contributed by atoms with Crippen LogP contribution in [0.4, 0.5) is 0 Å². The fourth-order valence-electron chi connectivity index (χ4n) is 2.51. The molecule has 1 aliphatic heterocycles. The van der Waals surface area contributed by atoms with Crippen molar-refractivity contribution in [2.75, 3.05) is 33.4 Å². The molecule has 1 heterocycles. The van der Waals surface area contributed by atoms with Gasteiger partial charge in [-0.25, -0.2) is 0 Å². The lowest BCUT2D eigenvalue weighted by Crippen LogP contribution is -2.52. The van der Waals surface area contributed by atoms with E-state index in [0.717, 1.165) is 0 Å². The maximum Gasteiger partial charge on any atom is 0.260 e. The molecule has 0 spiro atoms. The van der Waals surface area contributed by atoms with E-state index in [1.807, 2.05) is 0 Å². The second-order valence-electron chi connectivity index (χ2n) is 5.68. The second-order valence-corrected chi connectivity index (χ2v) is 5.68. The summed E-state index contributed by atoms with van der Waals surface area (Å²) in [7, 11) is 1.39. The Balaban J connectivity index is 3.02. The molecule has 2 unspecified atom stereocenters. The molecule has 1 aliphatic rings. The Morgan fingerprint density at radius 3 is 2.56 bits per heavy atom. The number of methoxy groups -OCH3 is 1. The highest BCUT2D eigenvalue weighted by Gasteiger charge is 2.38. The van der Waals surface area contributed by atoms with Gasteiger partial charge in [0.1, 0.15) is 17.9 Å². The molecule has 3 amide bonds. The number of carbonyl (C=O) groups excluding carboxylic acids is 3. The summed E-state index contributed by atoms with van der Waals surface area (Å²) in [5.74, 6) is -3.09. The van der Waals surface area contributed by atoms with Crippen molar-refractivity contribution in [1.29, 1.82) is 0 Å². The van der Waals surface area contributed by atoms with Crippen molar-refractivity contribution in [3.63, 3.8) is 0 Å². The molecule has 0 radical (unpaired) electrons. The predicted molar refractivity (Wildman–Crippen MR) is 86.1 cm³/mol. The first-order valence-corrected chi connectivity index (χ1v) is 7.87. The first kappa shape index (κ1) is 20.9. The molecule has 10 nitrogen and oxygen atoms in total. The molecular formula is C15H25N3O7. The molecular weight excluding hydrogens is 334 g/mol. The maximum atomic E-state index is 12.1. The van der Waals surface area contributed by atoms with Crippen LogP contribution in [-0.4, -0.2) is 83.6 Å². The topological polar surface area (TPSA) is 148 Å². The van der Waals surface area contributed by atoms with Crippen LogP contribution >= 0.6 is 0 Å². The van der Waals surface area contributed by atoms with Gasteiger partial charge in [-0.15, -0.1) is 0 Å². The summed E-state index contributed by atoms with van der Waals surface area (Å²) >= 11 is 0. The second kappa shape index (κ2) is 9.35. The van der Waals surface area contributed by atoms with E-state index in [2.05, 4.69) is 10.6 Å². The van der Waals surface area contributed by atoms with E-state index in [4.69, 9.17) is 14.9 Å². The van der Waals surface area contributed by atoms with Crippen molar-refractivity contribution in [1.82, 2.24) is 15.5 Å². The van der Waals surface area contributed by atoms with Gasteiger partial charge in [0.05, 0.1) is 12.5 Å². The largest absolute Gasteiger partial charge is 0.511 e. The average Bonchev–Trinajstić information content (AvgIpc) is 2.52. The first-order chi connectivity index (χ1) is 11.7. The summed E-state index contributed by atoms with van der Waals surface area (Å²) in [6.45, 7) is 3.26. The summed E-state index contributed by atoms with van der Waals surface area (Å²) < 4.78 is 4.81. The van der Waals surface area contributed by atoms with Crippen LogP contribution in [0.15, 0.2) is 11.3 Å². The predicted octanol–water partition coefficient (Wildman–Crippen LogP) is -2.15. The summed E-state index contributed by atoms with van der Waals surface area (Å²) in [5, 5.41) is 32.7. The molecule has 0 bridgehead atoms. The van der Waals surface area contributed by atoms with Crippen molar-refractivity contribution < 1.29 is 34.4 Å². The van der Waals surface area contributed by atoms with Crippen LogP contribution in [0.5, 0.6) is 0 Å². The lowest BCUT2D eigenvalue weighted by Gasteiger charge is -2.34. The zero-order valence-corrected chi connectivity index (χ0v) is 14.5. The number of nitrogens with one attached hydrogen (secondary N) is 2. The van der Waals surface area contributed by atoms with Gasteiger partial charge in [0, 0.05) is 26.2 Å². The van der Waals surface area contributed by atoms with E-state index in [-0.39, 0.29) is 19.1 Å². The Morgan fingerprint density at radius 2 is 2.04 bits per heavy atom. The van der Waals surface area contributed by atoms with Crippen molar-refractivity contribution >= 4 is 17.7 Å². The minimum absolute atomic E-state index is 0.0887. The number of hydrogen-bond donors (Lipinski definition) is 5. The van der Waals surface area contributed by atoms with Crippen molar-refractivity contribution in [2.24, 2.45) is 5.92 Å². The first-order valence-electron chi connectivity index (χ1n) is 7.87. The van der Waals surface area contributed by atoms with E-state index < -0.39 is 47.9 Å². The highest BCUT2D eigenvalue weighted by Crippen LogP contribution is 2.24. The third-order valence-corrected chi connectivity index (χ3v) is 3.89. The number of nitrogens with zero attached hydrogens (tertiary/aromatic N) is 1. The Labute approximate surface area is 145 Å². The number of carbonyl (C=O) groups is 3. The molecule has 142 valence electrons. The van der Waals surface area contributed by atoms with E-state index in [1.165, 1.54) is 12.0 Å². The molecule has 2 atom stereocenters. The molecule has 0 saturated carbocycles. The van der Waals surface area contributed by atoms with Gasteiger partial charge in [0.25, 0.3) is 11.8 Å². The summed E-state index contributed by atoms with van der Waals surface area (Å²) in [5.41, 5.74) is -0.501. The lowest BCUT2D eigenvalue weighted by molar-refractivity contribution is -0.135. The summed E-state index contributed by atoms with van der Waals surface area (Å²) in [6, 6.07) is -0.503. The highest BCUT2D eigenvalue weighted by molar-refractivity contribution is 6.19. The van der Waals surface area contributed by atoms with E-state index in [0.29, 0.717) is 6.54 Å². The summed E-state index contributed by atoms with van der Waals surface area (Å²) in [4.78, 5) is 37.5. The normalized spacial score (nSPS) is 20.5. The lowest BCUT2D eigenvalue weighted by atomic mass is 9.90. The Bertz CT molecular complexity index is 547. The van der Waals surface area contributed by atoms with Crippen LogP contribution < -0.4 is 10.6 Å². The van der Waals surface area contributed by atoms with Crippen molar-refractivity contribution in [2.45, 2.75) is 26.2 Å². The number of ether oxygens (including phenoxy) is 1. The van der Waals surface area contributed by atoms with Gasteiger partial charge in [-0.3, -0.25) is 14.4 Å². The zero-order valence-electron chi connectivity index (χ0n) is 14.5. The van der Waals surface area contributed by atoms with Gasteiger partial charge in [-0.1, -0.05) is 0 Å². The van der Waals surface area contributed by atoms with Crippen LogP contribution in [-0.2, 0) is 19.1 Å². The molecule has 0 fully saturated rings. The maximum absolute atomic E-state index is 12.1. The molecule has 5 N–H and O–H groups in total. The highest BCUT2D eigenvalue weighted by atomic mass is 16.5. The Hall–Kier alpha value is -2.17. The molecule has 0 aromatic heterocycles. The van der Waals surface area contributed by atoms with Gasteiger partial charge in [-0.05, 0) is 13.8 Å². The van der Waals surface area contributed by atoms with Crippen LogP contribution in [0.1, 0.15) is 13.8 Å². The smallest absolute Gasteiger partial charge is 0.260 e. The SMILES string of the molecule is CCN(CC1C(O)=C(C(=O)NCC(O)O)C(=O)NC1C)C(=O)COC. The fourth-order valence-corrected chi connectivity index (χ4v) is 2.51. The minimum atomic E-state index is -1.78. The number of amides is 3. The van der Waals surface area contributed by atoms with Crippen LogP contribution in [0.2, 0.25) is 0 Å². The van der Waals surface area contributed by atoms with Crippen LogP contribution in [0.3, 0.4) is 0 Å². The Kier molecular flexibility index (Phi) is 7.81. The number of hydrogen-bond acceptors (Lipinski definition) is 7. The van der Waals surface area contributed by atoms with Crippen LogP contribution in [0, 0.1) is 5.92 Å². The molecule has 0 aliphatic carbocycles. The fraction of sp³-hybridized carbons (Fsp3) is 0.667. The monoisotopic (exact) mass is 359 g/mol. The van der Waals surface area contributed by atoms with Gasteiger partial charge >= 0.3 is 0 Å². The standard InChI is InChI=1S/C15H25N3O7/c1-4-18(10(19)7-25-3)6-9-8(2)17-15(24)12(13(9)22)14(23)16-5-11(20)21/h8-9,11,20-22H,4-7H2,1-3H3,(H,16,23)(H,17,24). The third kappa shape index (κ3) is 5.41. The van der Waals surface area contributed by atoms with Gasteiger partial charge in [0.15, 0.2) is 6.29 Å². The van der Waals surface area contributed by atoms with Crippen LogP contribution in [0.25, 0.3) is 0 Å². The van der Waals surface area contributed by atoms with E-state index >= 15 is 0 Å². The molecule has 0 aromatic rings. The zero-order chi connectivity index (χ0) is 19.1. The number of rotatable bonds is 8. The summed E-state index contributed by atoms with van der Waals surface area (Å²) in [6.07, 6.45) is -1.78. The quantitative estimate of drug-likeness (QED) is 0.245. The Morgan fingerprint density at radius 1 is 1.40 bits per heavy atom. The molecule has 10 heteroatoms. The van der Waals surface area contributed by atoms with Gasteiger partial charge in [0.2, 0.25) is 5.91 Å². The van der Waals surface area contributed by atoms with Gasteiger partial charge in [-0.2, -0.15) is 0 Å². The van der Waals surface area contributed by atoms with Gasteiger partial charge < -0.3 is 35.6 Å². The average molecular weight is 359 g/mol. The minimum Gasteiger partial charge on any atom is -0.511 e. The van der Waals surface area contributed by atoms with E-state index in [9.17, 15) is 19.5 Å².